The van der Waals surface area contributed by atoms with Crippen LogP contribution in [0.3, 0.4) is 0 Å². The summed E-state index contributed by atoms with van der Waals surface area (Å²) in [5.41, 5.74) is 9.78. The molecular weight excluding hydrogens is 506 g/mol. The maximum Gasteiger partial charge on any atom is 0.175 e. The van der Waals surface area contributed by atoms with Crippen molar-refractivity contribution >= 4 is 33.3 Å². The molecule has 33 heavy (non-hydrogen) atoms. The smallest absolute Gasteiger partial charge is 0.175 e. The molecule has 1 heterocycles. The van der Waals surface area contributed by atoms with Gasteiger partial charge in [0.05, 0.1) is 29.1 Å². The van der Waals surface area contributed by atoms with Gasteiger partial charge in [0.2, 0.25) is 0 Å². The van der Waals surface area contributed by atoms with E-state index in [0.29, 0.717) is 44.4 Å². The second-order valence-corrected chi connectivity index (χ2v) is 9.22. The summed E-state index contributed by atoms with van der Waals surface area (Å²) in [6, 6.07) is 13.4. The SMILES string of the molecule is COc1cc([C@H]2C(C#N)=C(N)N(C)C3=C2C(=O)CCC3)cc(Br)c1OCc1ccccc1Cl. The number of hydrogen-bond donors (Lipinski definition) is 1. The molecular formula is C25H23BrClN3O3. The molecule has 1 aliphatic heterocycles. The monoisotopic (exact) mass is 527 g/mol. The maximum atomic E-state index is 13.0. The van der Waals surface area contributed by atoms with Gasteiger partial charge in [0, 0.05) is 35.3 Å². The molecule has 0 unspecified atom stereocenters. The summed E-state index contributed by atoms with van der Waals surface area (Å²) in [4.78, 5) is 14.8. The molecule has 1 atom stereocenters. The van der Waals surface area contributed by atoms with Gasteiger partial charge >= 0.3 is 0 Å². The Kier molecular flexibility index (Phi) is 6.68. The van der Waals surface area contributed by atoms with Crippen molar-refractivity contribution in [1.82, 2.24) is 4.90 Å². The number of allylic oxidation sites excluding steroid dienone is 3. The van der Waals surface area contributed by atoms with Crippen LogP contribution in [0, 0.1) is 11.3 Å². The first kappa shape index (κ1) is 23.2. The quantitative estimate of drug-likeness (QED) is 0.557. The summed E-state index contributed by atoms with van der Waals surface area (Å²) in [6.45, 7) is 0.256. The predicted octanol–water partition coefficient (Wildman–Crippen LogP) is 5.42. The van der Waals surface area contributed by atoms with Gasteiger partial charge in [-0.25, -0.2) is 0 Å². The summed E-state index contributed by atoms with van der Waals surface area (Å²) in [5, 5.41) is 10.6. The number of carbonyl (C=O) groups is 1. The van der Waals surface area contributed by atoms with E-state index in [9.17, 15) is 10.1 Å². The van der Waals surface area contributed by atoms with Gasteiger partial charge in [-0.05, 0) is 52.5 Å². The number of rotatable bonds is 5. The molecule has 170 valence electrons. The van der Waals surface area contributed by atoms with Gasteiger partial charge in [-0.3, -0.25) is 4.79 Å². The molecule has 2 aromatic rings. The number of hydrogen-bond acceptors (Lipinski definition) is 6. The Morgan fingerprint density at radius 3 is 2.76 bits per heavy atom. The lowest BCUT2D eigenvalue weighted by atomic mass is 9.76. The zero-order chi connectivity index (χ0) is 23.7. The summed E-state index contributed by atoms with van der Waals surface area (Å²) in [6.07, 6.45) is 1.97. The van der Waals surface area contributed by atoms with Gasteiger partial charge in [-0.1, -0.05) is 29.8 Å². The highest BCUT2D eigenvalue weighted by molar-refractivity contribution is 9.10. The molecule has 1 aliphatic carbocycles. The lowest BCUT2D eigenvalue weighted by molar-refractivity contribution is -0.116. The van der Waals surface area contributed by atoms with Crippen molar-refractivity contribution in [3.63, 3.8) is 0 Å². The maximum absolute atomic E-state index is 13.0. The molecule has 0 saturated carbocycles. The van der Waals surface area contributed by atoms with Gasteiger partial charge < -0.3 is 20.1 Å². The van der Waals surface area contributed by atoms with Gasteiger partial charge in [-0.15, -0.1) is 0 Å². The van der Waals surface area contributed by atoms with E-state index < -0.39 is 5.92 Å². The number of nitriles is 1. The van der Waals surface area contributed by atoms with Crippen molar-refractivity contribution in [3.05, 3.63) is 79.7 Å². The Morgan fingerprint density at radius 2 is 2.06 bits per heavy atom. The van der Waals surface area contributed by atoms with E-state index in [0.717, 1.165) is 29.7 Å². The third kappa shape index (κ3) is 4.21. The van der Waals surface area contributed by atoms with Gasteiger partial charge in [0.1, 0.15) is 12.4 Å². The molecule has 0 spiro atoms. The molecule has 0 fully saturated rings. The largest absolute Gasteiger partial charge is 0.493 e. The molecule has 0 aromatic heterocycles. The van der Waals surface area contributed by atoms with Crippen molar-refractivity contribution in [2.75, 3.05) is 14.2 Å². The first-order chi connectivity index (χ1) is 15.9. The van der Waals surface area contributed by atoms with Crippen LogP contribution in [-0.2, 0) is 11.4 Å². The molecule has 2 N–H and O–H groups in total. The molecule has 0 saturated heterocycles. The fourth-order valence-electron chi connectivity index (χ4n) is 4.41. The minimum absolute atomic E-state index is 0.0440. The predicted molar refractivity (Wildman–Crippen MR) is 130 cm³/mol. The van der Waals surface area contributed by atoms with Gasteiger partial charge in [0.25, 0.3) is 0 Å². The normalized spacial score (nSPS) is 18.2. The number of benzene rings is 2. The fraction of sp³-hybridized carbons (Fsp3) is 0.280. The standard InChI is InChI=1S/C25H23BrClN3O3/c1-30-19-8-5-9-20(31)23(19)22(16(12-28)25(30)29)15-10-17(26)24(21(11-15)32-2)33-13-14-6-3-4-7-18(14)27/h3-4,6-7,10-11,22H,5,8-9,13,29H2,1-2H3/t22-/m0/s1. The van der Waals surface area contributed by atoms with Crippen LogP contribution in [0.4, 0.5) is 0 Å². The third-order valence-electron chi connectivity index (χ3n) is 6.08. The van der Waals surface area contributed by atoms with Crippen LogP contribution >= 0.6 is 27.5 Å². The molecule has 8 heteroatoms. The van der Waals surface area contributed by atoms with Gasteiger partial charge in [0.15, 0.2) is 17.3 Å². The molecule has 2 aliphatic rings. The van der Waals surface area contributed by atoms with E-state index in [1.165, 1.54) is 0 Å². The van der Waals surface area contributed by atoms with Crippen LogP contribution in [0.25, 0.3) is 0 Å². The van der Waals surface area contributed by atoms with E-state index >= 15 is 0 Å². The van der Waals surface area contributed by atoms with Crippen LogP contribution < -0.4 is 15.2 Å². The first-order valence-corrected chi connectivity index (χ1v) is 11.7. The number of methoxy groups -OCH3 is 1. The Bertz CT molecular complexity index is 1230. The van der Waals surface area contributed by atoms with Crippen LogP contribution in [0.1, 0.15) is 36.3 Å². The van der Waals surface area contributed by atoms with E-state index in [2.05, 4.69) is 22.0 Å². The zero-order valence-electron chi connectivity index (χ0n) is 18.3. The van der Waals surface area contributed by atoms with Crippen molar-refractivity contribution < 1.29 is 14.3 Å². The molecule has 0 amide bonds. The average Bonchev–Trinajstić information content (AvgIpc) is 2.81. The Balaban J connectivity index is 1.77. The average molecular weight is 529 g/mol. The molecule has 2 aromatic carbocycles. The molecule has 0 bridgehead atoms. The van der Waals surface area contributed by atoms with Crippen molar-refractivity contribution in [2.45, 2.75) is 31.8 Å². The number of ether oxygens (including phenoxy) is 2. The van der Waals surface area contributed by atoms with E-state index in [1.807, 2.05) is 30.3 Å². The second kappa shape index (κ2) is 9.50. The van der Waals surface area contributed by atoms with E-state index in [1.54, 1.807) is 25.1 Å². The number of carbonyl (C=O) groups excluding carboxylic acids is 1. The van der Waals surface area contributed by atoms with Crippen LogP contribution in [0.5, 0.6) is 11.5 Å². The minimum atomic E-state index is -0.559. The zero-order valence-corrected chi connectivity index (χ0v) is 20.7. The summed E-state index contributed by atoms with van der Waals surface area (Å²) >= 11 is 9.85. The van der Waals surface area contributed by atoms with Crippen molar-refractivity contribution in [1.29, 1.82) is 5.26 Å². The number of nitrogens with two attached hydrogens (primary N) is 1. The minimum Gasteiger partial charge on any atom is -0.493 e. The van der Waals surface area contributed by atoms with Crippen molar-refractivity contribution in [3.8, 4) is 17.6 Å². The van der Waals surface area contributed by atoms with Crippen molar-refractivity contribution in [2.24, 2.45) is 5.73 Å². The van der Waals surface area contributed by atoms with E-state index in [-0.39, 0.29) is 12.4 Å². The number of nitrogens with zero attached hydrogens (tertiary/aromatic N) is 2. The van der Waals surface area contributed by atoms with E-state index in [4.69, 9.17) is 26.8 Å². The number of ketones is 1. The topological polar surface area (TPSA) is 88.6 Å². The third-order valence-corrected chi connectivity index (χ3v) is 7.04. The highest BCUT2D eigenvalue weighted by Gasteiger charge is 2.39. The fourth-order valence-corrected chi connectivity index (χ4v) is 5.17. The first-order valence-electron chi connectivity index (χ1n) is 10.5. The lowest BCUT2D eigenvalue weighted by Crippen LogP contribution is -2.36. The second-order valence-electron chi connectivity index (χ2n) is 7.95. The van der Waals surface area contributed by atoms with Crippen LogP contribution in [0.2, 0.25) is 5.02 Å². The summed E-state index contributed by atoms with van der Waals surface area (Å²) in [5.74, 6) is 0.838. The molecule has 6 nitrogen and oxygen atoms in total. The van der Waals surface area contributed by atoms with Gasteiger partial charge in [-0.2, -0.15) is 5.26 Å². The number of Topliss-reactive ketones (excluding diaryl/α,β-unsaturated/α-hetero) is 1. The Hall–Kier alpha value is -2.95. The molecule has 4 rings (SSSR count). The van der Waals surface area contributed by atoms with Crippen LogP contribution in [-0.4, -0.2) is 24.8 Å². The summed E-state index contributed by atoms with van der Waals surface area (Å²) < 4.78 is 12.3. The lowest BCUT2D eigenvalue weighted by Gasteiger charge is -2.37. The van der Waals surface area contributed by atoms with Crippen LogP contribution in [0.15, 0.2) is 63.5 Å². The highest BCUT2D eigenvalue weighted by Crippen LogP contribution is 2.47. The number of halogens is 2. The highest BCUT2D eigenvalue weighted by atomic mass is 79.9. The Morgan fingerprint density at radius 1 is 1.30 bits per heavy atom. The summed E-state index contributed by atoms with van der Waals surface area (Å²) in [7, 11) is 3.35. The Labute approximate surface area is 206 Å². The molecule has 0 radical (unpaired) electrons.